The van der Waals surface area contributed by atoms with Crippen LogP contribution >= 0.6 is 0 Å². The Morgan fingerprint density at radius 1 is 0.786 bits per heavy atom. The van der Waals surface area contributed by atoms with Gasteiger partial charge < -0.3 is 9.80 Å². The maximum atomic E-state index is 12.3. The number of piperazine rings is 1. The number of nitrogens with zero attached hydrogens (tertiary/aromatic N) is 7. The highest BCUT2D eigenvalue weighted by Gasteiger charge is 2.20. The van der Waals surface area contributed by atoms with Gasteiger partial charge in [0.05, 0.1) is 0 Å². The molecule has 0 aliphatic carbocycles. The molecule has 0 atom stereocenters. The van der Waals surface area contributed by atoms with Crippen LogP contribution < -0.4 is 15.4 Å². The zero-order valence-electron chi connectivity index (χ0n) is 15.2. The molecule has 5 heterocycles. The van der Waals surface area contributed by atoms with Gasteiger partial charge in [-0.05, 0) is 24.3 Å². The SMILES string of the molecule is O=c1cc(N2CCN(c3cccc(-n4ccnc4)n3)CC2)nc2ccccn12. The van der Waals surface area contributed by atoms with E-state index in [-0.39, 0.29) is 5.56 Å². The van der Waals surface area contributed by atoms with Gasteiger partial charge in [0.25, 0.3) is 5.56 Å². The van der Waals surface area contributed by atoms with Crippen LogP contribution in [0.5, 0.6) is 0 Å². The summed E-state index contributed by atoms with van der Waals surface area (Å²) in [7, 11) is 0. The van der Waals surface area contributed by atoms with Crippen LogP contribution in [0, 0.1) is 0 Å². The minimum Gasteiger partial charge on any atom is -0.353 e. The second-order valence-electron chi connectivity index (χ2n) is 6.68. The average Bonchev–Trinajstić information content (AvgIpc) is 3.29. The molecular formula is C20H19N7O. The van der Waals surface area contributed by atoms with Crippen LogP contribution in [0.3, 0.4) is 0 Å². The predicted molar refractivity (Wildman–Crippen MR) is 107 cm³/mol. The molecule has 0 amide bonds. The van der Waals surface area contributed by atoms with Gasteiger partial charge in [-0.15, -0.1) is 0 Å². The van der Waals surface area contributed by atoms with E-state index in [9.17, 15) is 4.79 Å². The molecule has 1 fully saturated rings. The second-order valence-corrected chi connectivity index (χ2v) is 6.68. The third-order valence-electron chi connectivity index (χ3n) is 4.97. The van der Waals surface area contributed by atoms with Gasteiger partial charge in [0.15, 0.2) is 0 Å². The summed E-state index contributed by atoms with van der Waals surface area (Å²) >= 11 is 0. The predicted octanol–water partition coefficient (Wildman–Crippen LogP) is 1.60. The van der Waals surface area contributed by atoms with Crippen LogP contribution in [0.2, 0.25) is 0 Å². The van der Waals surface area contributed by atoms with Crippen molar-refractivity contribution in [2.75, 3.05) is 36.0 Å². The molecule has 1 aliphatic rings. The van der Waals surface area contributed by atoms with E-state index in [1.807, 2.05) is 47.2 Å². The van der Waals surface area contributed by atoms with Crippen molar-refractivity contribution in [1.82, 2.24) is 23.9 Å². The number of hydrogen-bond acceptors (Lipinski definition) is 6. The molecule has 4 aromatic heterocycles. The first-order valence-electron chi connectivity index (χ1n) is 9.22. The van der Waals surface area contributed by atoms with Crippen molar-refractivity contribution < 1.29 is 0 Å². The largest absolute Gasteiger partial charge is 0.353 e. The Bertz CT molecular complexity index is 1160. The van der Waals surface area contributed by atoms with E-state index >= 15 is 0 Å². The lowest BCUT2D eigenvalue weighted by molar-refractivity contribution is 0.640. The molecule has 0 unspecified atom stereocenters. The molecular weight excluding hydrogens is 354 g/mol. The average molecular weight is 373 g/mol. The third kappa shape index (κ3) is 2.98. The summed E-state index contributed by atoms with van der Waals surface area (Å²) in [6.07, 6.45) is 7.11. The molecule has 0 radical (unpaired) electrons. The van der Waals surface area contributed by atoms with Gasteiger partial charge in [0.2, 0.25) is 0 Å². The van der Waals surface area contributed by atoms with E-state index in [0.29, 0.717) is 5.65 Å². The number of pyridine rings is 2. The van der Waals surface area contributed by atoms with Crippen LogP contribution in [-0.4, -0.2) is 50.1 Å². The molecule has 28 heavy (non-hydrogen) atoms. The van der Waals surface area contributed by atoms with E-state index in [4.69, 9.17) is 4.98 Å². The van der Waals surface area contributed by atoms with E-state index < -0.39 is 0 Å². The summed E-state index contributed by atoms with van der Waals surface area (Å²) < 4.78 is 3.46. The maximum absolute atomic E-state index is 12.3. The highest BCUT2D eigenvalue weighted by Crippen LogP contribution is 2.19. The number of imidazole rings is 1. The van der Waals surface area contributed by atoms with E-state index in [1.54, 1.807) is 29.2 Å². The minimum atomic E-state index is -0.0577. The number of fused-ring (bicyclic) bond motifs is 1. The first-order valence-corrected chi connectivity index (χ1v) is 9.22. The van der Waals surface area contributed by atoms with Crippen molar-refractivity contribution in [3.63, 3.8) is 0 Å². The normalized spacial score (nSPS) is 14.6. The van der Waals surface area contributed by atoms with Gasteiger partial charge in [0.1, 0.15) is 29.4 Å². The van der Waals surface area contributed by atoms with Crippen LogP contribution in [0.4, 0.5) is 11.6 Å². The highest BCUT2D eigenvalue weighted by atomic mass is 16.1. The van der Waals surface area contributed by atoms with Crippen LogP contribution in [0.15, 0.2) is 72.2 Å². The fourth-order valence-corrected chi connectivity index (χ4v) is 3.49. The first-order chi connectivity index (χ1) is 13.8. The lowest BCUT2D eigenvalue weighted by atomic mass is 10.3. The smallest absolute Gasteiger partial charge is 0.259 e. The molecule has 0 bridgehead atoms. The van der Waals surface area contributed by atoms with E-state index in [0.717, 1.165) is 43.6 Å². The fraction of sp³-hybridized carbons (Fsp3) is 0.200. The quantitative estimate of drug-likeness (QED) is 0.543. The molecule has 8 heteroatoms. The molecule has 4 aromatic rings. The topological polar surface area (TPSA) is 71.6 Å². The first kappa shape index (κ1) is 16.5. The summed E-state index contributed by atoms with van der Waals surface area (Å²) in [5, 5.41) is 0. The van der Waals surface area contributed by atoms with Gasteiger partial charge in [-0.3, -0.25) is 13.8 Å². The zero-order valence-corrected chi connectivity index (χ0v) is 15.2. The number of rotatable bonds is 3. The standard InChI is InChI=1S/C20H19N7O/c28-20-14-19(23-18-4-1-2-8-27(18)20)25-12-10-24(11-13-25)16-5-3-6-17(22-16)26-9-7-21-15-26/h1-9,14-15H,10-13H2. The molecule has 0 spiro atoms. The summed E-state index contributed by atoms with van der Waals surface area (Å²) in [6.45, 7) is 3.20. The van der Waals surface area contributed by atoms with Crippen molar-refractivity contribution in [3.8, 4) is 5.82 Å². The number of aromatic nitrogens is 5. The summed E-state index contributed by atoms with van der Waals surface area (Å²) in [6, 6.07) is 13.2. The molecule has 0 aromatic carbocycles. The van der Waals surface area contributed by atoms with E-state index in [1.165, 1.54) is 0 Å². The Labute approximate surface area is 161 Å². The Balaban J connectivity index is 1.34. The van der Waals surface area contributed by atoms with E-state index in [2.05, 4.69) is 19.8 Å². The molecule has 0 N–H and O–H groups in total. The van der Waals surface area contributed by atoms with Gasteiger partial charge in [-0.1, -0.05) is 12.1 Å². The third-order valence-corrected chi connectivity index (χ3v) is 4.97. The summed E-state index contributed by atoms with van der Waals surface area (Å²) in [4.78, 5) is 30.2. The van der Waals surface area contributed by atoms with Crippen molar-refractivity contribution in [1.29, 1.82) is 0 Å². The van der Waals surface area contributed by atoms with Gasteiger partial charge in [-0.2, -0.15) is 0 Å². The Morgan fingerprint density at radius 2 is 1.57 bits per heavy atom. The van der Waals surface area contributed by atoms with Crippen LogP contribution in [0.25, 0.3) is 11.5 Å². The van der Waals surface area contributed by atoms with Gasteiger partial charge in [-0.25, -0.2) is 15.0 Å². The highest BCUT2D eigenvalue weighted by molar-refractivity contribution is 5.50. The van der Waals surface area contributed by atoms with Crippen molar-refractivity contribution >= 4 is 17.3 Å². The summed E-state index contributed by atoms with van der Waals surface area (Å²) in [5.74, 6) is 2.52. The zero-order chi connectivity index (χ0) is 18.9. The van der Waals surface area contributed by atoms with Crippen molar-refractivity contribution in [2.24, 2.45) is 0 Å². The fourth-order valence-electron chi connectivity index (χ4n) is 3.49. The monoisotopic (exact) mass is 373 g/mol. The number of anilines is 2. The maximum Gasteiger partial charge on any atom is 0.259 e. The van der Waals surface area contributed by atoms with Crippen molar-refractivity contribution in [3.05, 3.63) is 77.7 Å². The van der Waals surface area contributed by atoms with Crippen LogP contribution in [-0.2, 0) is 0 Å². The number of hydrogen-bond donors (Lipinski definition) is 0. The van der Waals surface area contributed by atoms with Gasteiger partial charge >= 0.3 is 0 Å². The van der Waals surface area contributed by atoms with Crippen molar-refractivity contribution in [2.45, 2.75) is 0 Å². The lowest BCUT2D eigenvalue weighted by Gasteiger charge is -2.36. The lowest BCUT2D eigenvalue weighted by Crippen LogP contribution is -2.47. The Hall–Kier alpha value is -3.68. The van der Waals surface area contributed by atoms with Crippen LogP contribution in [0.1, 0.15) is 0 Å². The Kier molecular flexibility index (Phi) is 4.01. The summed E-state index contributed by atoms with van der Waals surface area (Å²) in [5.41, 5.74) is 0.611. The molecule has 8 nitrogen and oxygen atoms in total. The molecule has 140 valence electrons. The molecule has 0 saturated carbocycles. The molecule has 1 aliphatic heterocycles. The second kappa shape index (κ2) is 6.80. The van der Waals surface area contributed by atoms with Gasteiger partial charge in [0, 0.05) is 50.8 Å². The Morgan fingerprint density at radius 3 is 2.36 bits per heavy atom. The molecule has 5 rings (SSSR count). The minimum absolute atomic E-state index is 0.0577. The molecule has 1 saturated heterocycles.